The van der Waals surface area contributed by atoms with Crippen LogP contribution < -0.4 is 4.74 Å². The Bertz CT molecular complexity index is 473. The standard InChI is InChI=1S/C16H23NO4/c1-3-4-7-11-17(12-10-15(18)19)16(20)13-8-5-6-9-14(13)21-2/h5-6,8-9H,3-4,7,10-12H2,1-2H3,(H,18,19). The minimum Gasteiger partial charge on any atom is -0.496 e. The van der Waals surface area contributed by atoms with Gasteiger partial charge in [0, 0.05) is 13.1 Å². The topological polar surface area (TPSA) is 66.8 Å². The van der Waals surface area contributed by atoms with Crippen molar-refractivity contribution >= 4 is 11.9 Å². The molecule has 1 aromatic carbocycles. The summed E-state index contributed by atoms with van der Waals surface area (Å²) < 4.78 is 5.20. The van der Waals surface area contributed by atoms with E-state index in [1.165, 1.54) is 7.11 Å². The summed E-state index contributed by atoms with van der Waals surface area (Å²) in [7, 11) is 1.52. The fraction of sp³-hybridized carbons (Fsp3) is 0.500. The Labute approximate surface area is 125 Å². The van der Waals surface area contributed by atoms with E-state index in [0.717, 1.165) is 19.3 Å². The highest BCUT2D eigenvalue weighted by Gasteiger charge is 2.19. The second-order valence-electron chi connectivity index (χ2n) is 4.84. The number of para-hydroxylation sites is 1. The number of carbonyl (C=O) groups excluding carboxylic acids is 1. The van der Waals surface area contributed by atoms with Gasteiger partial charge in [-0.25, -0.2) is 0 Å². The number of ether oxygens (including phenoxy) is 1. The van der Waals surface area contributed by atoms with Gasteiger partial charge < -0.3 is 14.7 Å². The highest BCUT2D eigenvalue weighted by atomic mass is 16.5. The van der Waals surface area contributed by atoms with Gasteiger partial charge in [-0.1, -0.05) is 31.9 Å². The van der Waals surface area contributed by atoms with Crippen molar-refractivity contribution < 1.29 is 19.4 Å². The summed E-state index contributed by atoms with van der Waals surface area (Å²) >= 11 is 0. The van der Waals surface area contributed by atoms with E-state index in [-0.39, 0.29) is 18.9 Å². The molecule has 0 aliphatic heterocycles. The quantitative estimate of drug-likeness (QED) is 0.711. The number of aliphatic carboxylic acids is 1. The number of rotatable bonds is 9. The predicted octanol–water partition coefficient (Wildman–Crippen LogP) is 2.80. The number of carboxylic acids is 1. The third kappa shape index (κ3) is 5.45. The molecule has 1 rings (SSSR count). The fourth-order valence-corrected chi connectivity index (χ4v) is 2.09. The van der Waals surface area contributed by atoms with Gasteiger partial charge in [0.05, 0.1) is 19.1 Å². The zero-order chi connectivity index (χ0) is 15.7. The van der Waals surface area contributed by atoms with Crippen molar-refractivity contribution in [3.05, 3.63) is 29.8 Å². The number of carbonyl (C=O) groups is 2. The molecule has 0 spiro atoms. The average Bonchev–Trinajstić information content (AvgIpc) is 2.49. The lowest BCUT2D eigenvalue weighted by Gasteiger charge is -2.23. The predicted molar refractivity (Wildman–Crippen MR) is 80.7 cm³/mol. The van der Waals surface area contributed by atoms with Crippen LogP contribution in [0.5, 0.6) is 5.75 Å². The van der Waals surface area contributed by atoms with Gasteiger partial charge in [0.25, 0.3) is 5.91 Å². The van der Waals surface area contributed by atoms with Gasteiger partial charge in [-0.2, -0.15) is 0 Å². The normalized spacial score (nSPS) is 10.2. The third-order valence-corrected chi connectivity index (χ3v) is 3.25. The molecule has 5 nitrogen and oxygen atoms in total. The Morgan fingerprint density at radius 3 is 2.52 bits per heavy atom. The molecule has 0 saturated carbocycles. The van der Waals surface area contributed by atoms with Crippen molar-refractivity contribution in [1.29, 1.82) is 0 Å². The Hall–Kier alpha value is -2.04. The van der Waals surface area contributed by atoms with E-state index < -0.39 is 5.97 Å². The molecule has 0 aliphatic carbocycles. The van der Waals surface area contributed by atoms with E-state index >= 15 is 0 Å². The van der Waals surface area contributed by atoms with Crippen LogP contribution >= 0.6 is 0 Å². The van der Waals surface area contributed by atoms with E-state index in [0.29, 0.717) is 17.9 Å². The molecule has 5 heteroatoms. The summed E-state index contributed by atoms with van der Waals surface area (Å²) in [6.45, 7) is 2.87. The first kappa shape index (κ1) is 17.0. The van der Waals surface area contributed by atoms with E-state index in [4.69, 9.17) is 9.84 Å². The van der Waals surface area contributed by atoms with Crippen LogP contribution in [0.3, 0.4) is 0 Å². The third-order valence-electron chi connectivity index (χ3n) is 3.25. The molecule has 0 radical (unpaired) electrons. The Morgan fingerprint density at radius 1 is 1.19 bits per heavy atom. The van der Waals surface area contributed by atoms with Crippen molar-refractivity contribution in [2.24, 2.45) is 0 Å². The number of amides is 1. The molecule has 0 fully saturated rings. The molecule has 0 atom stereocenters. The minimum absolute atomic E-state index is 0.0486. The molecule has 0 saturated heterocycles. The molecule has 1 amide bonds. The van der Waals surface area contributed by atoms with Crippen molar-refractivity contribution in [3.63, 3.8) is 0 Å². The summed E-state index contributed by atoms with van der Waals surface area (Å²) in [6.07, 6.45) is 2.89. The summed E-state index contributed by atoms with van der Waals surface area (Å²) in [5, 5.41) is 8.82. The van der Waals surface area contributed by atoms with Crippen molar-refractivity contribution in [1.82, 2.24) is 4.90 Å². The zero-order valence-electron chi connectivity index (χ0n) is 12.7. The molecule has 1 N–H and O–H groups in total. The lowest BCUT2D eigenvalue weighted by molar-refractivity contribution is -0.137. The number of methoxy groups -OCH3 is 1. The molecular weight excluding hydrogens is 270 g/mol. The molecule has 0 unspecified atom stereocenters. The number of hydrogen-bond acceptors (Lipinski definition) is 3. The summed E-state index contributed by atoms with van der Waals surface area (Å²) in [4.78, 5) is 24.9. The van der Waals surface area contributed by atoms with Gasteiger partial charge in [-0.05, 0) is 18.6 Å². The SMILES string of the molecule is CCCCCN(CCC(=O)O)C(=O)c1ccccc1OC. The lowest BCUT2D eigenvalue weighted by Crippen LogP contribution is -2.34. The van der Waals surface area contributed by atoms with Crippen LogP contribution in [0, 0.1) is 0 Å². The molecule has 21 heavy (non-hydrogen) atoms. The first-order chi connectivity index (χ1) is 10.1. The molecule has 1 aromatic rings. The summed E-state index contributed by atoms with van der Waals surface area (Å²) in [5.74, 6) is -0.563. The van der Waals surface area contributed by atoms with Gasteiger partial charge in [0.1, 0.15) is 5.75 Å². The maximum Gasteiger partial charge on any atom is 0.305 e. The molecule has 0 aliphatic rings. The summed E-state index contributed by atoms with van der Waals surface area (Å²) in [6, 6.07) is 7.01. The van der Waals surface area contributed by atoms with Crippen molar-refractivity contribution in [2.45, 2.75) is 32.6 Å². The van der Waals surface area contributed by atoms with Crippen LogP contribution in [0.4, 0.5) is 0 Å². The smallest absolute Gasteiger partial charge is 0.305 e. The van der Waals surface area contributed by atoms with Crippen LogP contribution in [0.25, 0.3) is 0 Å². The van der Waals surface area contributed by atoms with E-state index in [1.807, 2.05) is 0 Å². The Kier molecular flexibility index (Phi) is 7.29. The number of nitrogens with zero attached hydrogens (tertiary/aromatic N) is 1. The largest absolute Gasteiger partial charge is 0.496 e. The van der Waals surface area contributed by atoms with Gasteiger partial charge in [-0.3, -0.25) is 9.59 Å². The highest BCUT2D eigenvalue weighted by Crippen LogP contribution is 2.19. The van der Waals surface area contributed by atoms with E-state index in [2.05, 4.69) is 6.92 Å². The lowest BCUT2D eigenvalue weighted by atomic mass is 10.1. The monoisotopic (exact) mass is 293 g/mol. The highest BCUT2D eigenvalue weighted by molar-refractivity contribution is 5.97. The summed E-state index contributed by atoms with van der Waals surface area (Å²) in [5.41, 5.74) is 0.474. The number of hydrogen-bond donors (Lipinski definition) is 1. The second kappa shape index (κ2) is 9.00. The molecule has 116 valence electrons. The molecule has 0 bridgehead atoms. The fourth-order valence-electron chi connectivity index (χ4n) is 2.09. The van der Waals surface area contributed by atoms with Gasteiger partial charge >= 0.3 is 5.97 Å². The zero-order valence-corrected chi connectivity index (χ0v) is 12.7. The second-order valence-corrected chi connectivity index (χ2v) is 4.84. The van der Waals surface area contributed by atoms with E-state index in [1.54, 1.807) is 29.2 Å². The van der Waals surface area contributed by atoms with Crippen LogP contribution in [0.1, 0.15) is 43.0 Å². The van der Waals surface area contributed by atoms with Crippen LogP contribution in [-0.4, -0.2) is 42.1 Å². The van der Waals surface area contributed by atoms with Crippen molar-refractivity contribution in [2.75, 3.05) is 20.2 Å². The Balaban J connectivity index is 2.84. The molecular formula is C16H23NO4. The average molecular weight is 293 g/mol. The van der Waals surface area contributed by atoms with Crippen molar-refractivity contribution in [3.8, 4) is 5.75 Å². The minimum atomic E-state index is -0.900. The first-order valence-corrected chi connectivity index (χ1v) is 7.24. The maximum atomic E-state index is 12.6. The number of carboxylic acid groups (broad SMARTS) is 1. The molecule has 0 heterocycles. The number of unbranched alkanes of at least 4 members (excludes halogenated alkanes) is 2. The maximum absolute atomic E-state index is 12.6. The van der Waals surface area contributed by atoms with Gasteiger partial charge in [0.2, 0.25) is 0 Å². The van der Waals surface area contributed by atoms with Gasteiger partial charge in [0.15, 0.2) is 0 Å². The van der Waals surface area contributed by atoms with E-state index in [9.17, 15) is 9.59 Å². The van der Waals surface area contributed by atoms with Crippen LogP contribution in [0.15, 0.2) is 24.3 Å². The molecule has 0 aromatic heterocycles. The van der Waals surface area contributed by atoms with Gasteiger partial charge in [-0.15, -0.1) is 0 Å². The Morgan fingerprint density at radius 2 is 1.90 bits per heavy atom. The first-order valence-electron chi connectivity index (χ1n) is 7.24. The number of benzene rings is 1. The van der Waals surface area contributed by atoms with Crippen LogP contribution in [-0.2, 0) is 4.79 Å². The van der Waals surface area contributed by atoms with Crippen LogP contribution in [0.2, 0.25) is 0 Å².